The predicted octanol–water partition coefficient (Wildman–Crippen LogP) is 0.791. The number of carbonyl (C=O) groups is 2. The highest BCUT2D eigenvalue weighted by Crippen LogP contribution is 2.20. The number of hydrogen-bond donors (Lipinski definition) is 2. The predicted molar refractivity (Wildman–Crippen MR) is 72.1 cm³/mol. The molecule has 6 nitrogen and oxygen atoms in total. The van der Waals surface area contributed by atoms with E-state index in [-0.39, 0.29) is 18.7 Å². The highest BCUT2D eigenvalue weighted by Gasteiger charge is 2.36. The van der Waals surface area contributed by atoms with Crippen molar-refractivity contribution in [3.05, 3.63) is 30.1 Å². The summed E-state index contributed by atoms with van der Waals surface area (Å²) in [6.07, 6.45) is 1.93. The Morgan fingerprint density at radius 3 is 2.84 bits per heavy atom. The number of aromatic nitrogens is 1. The minimum Gasteiger partial charge on any atom is -0.480 e. The molecule has 0 fully saturated rings. The first-order valence-corrected chi connectivity index (χ1v) is 6.41. The van der Waals surface area contributed by atoms with Crippen LogP contribution in [0.2, 0.25) is 0 Å². The number of hydrogen-bond acceptors (Lipinski definition) is 5. The van der Waals surface area contributed by atoms with Gasteiger partial charge in [-0.25, -0.2) is 9.80 Å². The first-order chi connectivity index (χ1) is 9.13. The number of thiol groups is 1. The van der Waals surface area contributed by atoms with Crippen LogP contribution in [-0.2, 0) is 9.59 Å². The second kappa shape index (κ2) is 5.83. The van der Waals surface area contributed by atoms with Gasteiger partial charge in [0.15, 0.2) is 6.04 Å². The van der Waals surface area contributed by atoms with Gasteiger partial charge in [0.05, 0.1) is 11.4 Å². The molecule has 0 radical (unpaired) electrons. The maximum absolute atomic E-state index is 11.8. The maximum Gasteiger partial charge on any atom is 0.329 e. The monoisotopic (exact) mass is 279 g/mol. The lowest BCUT2D eigenvalue weighted by Gasteiger charge is -2.17. The topological polar surface area (TPSA) is 82.9 Å². The summed E-state index contributed by atoms with van der Waals surface area (Å²) in [4.78, 5) is 27.1. The van der Waals surface area contributed by atoms with Crippen molar-refractivity contribution in [2.75, 3.05) is 5.75 Å². The Morgan fingerprint density at radius 2 is 2.26 bits per heavy atom. The van der Waals surface area contributed by atoms with Gasteiger partial charge in [-0.15, -0.1) is 0 Å². The fourth-order valence-electron chi connectivity index (χ4n) is 1.83. The number of hydrazone groups is 1. The molecular formula is C12H13N3O3S. The summed E-state index contributed by atoms with van der Waals surface area (Å²) in [6.45, 7) is 0. The van der Waals surface area contributed by atoms with Crippen molar-refractivity contribution >= 4 is 30.2 Å². The van der Waals surface area contributed by atoms with E-state index in [1.54, 1.807) is 24.4 Å². The third-order valence-electron chi connectivity index (χ3n) is 2.74. The zero-order valence-electron chi connectivity index (χ0n) is 10.1. The molecule has 0 saturated carbocycles. The molecule has 1 atom stereocenters. The van der Waals surface area contributed by atoms with E-state index in [0.717, 1.165) is 5.01 Å². The summed E-state index contributed by atoms with van der Waals surface area (Å²) in [5.41, 5.74) is 1.11. The summed E-state index contributed by atoms with van der Waals surface area (Å²) >= 11 is 3.97. The van der Waals surface area contributed by atoms with E-state index in [0.29, 0.717) is 17.2 Å². The van der Waals surface area contributed by atoms with Crippen molar-refractivity contribution in [1.82, 2.24) is 9.99 Å². The number of nitrogens with zero attached hydrogens (tertiary/aromatic N) is 3. The van der Waals surface area contributed by atoms with E-state index >= 15 is 0 Å². The lowest BCUT2D eigenvalue weighted by molar-refractivity contribution is -0.148. The average Bonchev–Trinajstić information content (AvgIpc) is 2.85. The third-order valence-corrected chi connectivity index (χ3v) is 2.96. The van der Waals surface area contributed by atoms with Crippen LogP contribution in [0.25, 0.3) is 0 Å². The van der Waals surface area contributed by atoms with Crippen LogP contribution in [0.4, 0.5) is 0 Å². The molecule has 100 valence electrons. The SMILES string of the molecule is O=C(O)C1CC(c2ccccn2)=NN1C(=O)CCS. The maximum atomic E-state index is 11.8. The van der Waals surface area contributed by atoms with E-state index in [1.165, 1.54) is 0 Å². The minimum absolute atomic E-state index is 0.159. The van der Waals surface area contributed by atoms with Gasteiger partial charge in [-0.2, -0.15) is 17.7 Å². The molecular weight excluding hydrogens is 266 g/mol. The van der Waals surface area contributed by atoms with Crippen LogP contribution in [0.5, 0.6) is 0 Å². The first-order valence-electron chi connectivity index (χ1n) is 5.78. The van der Waals surface area contributed by atoms with Crippen LogP contribution >= 0.6 is 12.6 Å². The van der Waals surface area contributed by atoms with Crippen molar-refractivity contribution in [1.29, 1.82) is 0 Å². The van der Waals surface area contributed by atoms with Gasteiger partial charge in [-0.05, 0) is 17.9 Å². The van der Waals surface area contributed by atoms with E-state index in [9.17, 15) is 9.59 Å². The molecule has 0 spiro atoms. The van der Waals surface area contributed by atoms with Crippen LogP contribution in [0, 0.1) is 0 Å². The highest BCUT2D eigenvalue weighted by atomic mass is 32.1. The number of pyridine rings is 1. The van der Waals surface area contributed by atoms with Gasteiger partial charge in [0.1, 0.15) is 0 Å². The third kappa shape index (κ3) is 2.93. The van der Waals surface area contributed by atoms with Crippen LogP contribution in [-0.4, -0.2) is 44.5 Å². The molecule has 1 aliphatic rings. The van der Waals surface area contributed by atoms with E-state index in [2.05, 4.69) is 22.7 Å². The van der Waals surface area contributed by atoms with Crippen LogP contribution in [0.3, 0.4) is 0 Å². The Hall–Kier alpha value is -1.89. The number of rotatable bonds is 4. The highest BCUT2D eigenvalue weighted by molar-refractivity contribution is 7.80. The van der Waals surface area contributed by atoms with Crippen molar-refractivity contribution in [3.63, 3.8) is 0 Å². The quantitative estimate of drug-likeness (QED) is 0.798. The lowest BCUT2D eigenvalue weighted by atomic mass is 10.1. The van der Waals surface area contributed by atoms with Crippen LogP contribution in [0.15, 0.2) is 29.5 Å². The van der Waals surface area contributed by atoms with Gasteiger partial charge in [0, 0.05) is 19.0 Å². The molecule has 2 rings (SSSR count). The Balaban J connectivity index is 2.26. The molecule has 1 aromatic rings. The summed E-state index contributed by atoms with van der Waals surface area (Å²) in [5.74, 6) is -1.05. The van der Waals surface area contributed by atoms with Gasteiger partial charge in [0.2, 0.25) is 5.91 Å². The fourth-order valence-corrected chi connectivity index (χ4v) is 2.02. The van der Waals surface area contributed by atoms with Crippen molar-refractivity contribution in [2.45, 2.75) is 18.9 Å². The summed E-state index contributed by atoms with van der Waals surface area (Å²) in [5, 5.41) is 14.3. The molecule has 1 aromatic heterocycles. The minimum atomic E-state index is -1.07. The molecule has 7 heteroatoms. The second-order valence-corrected chi connectivity index (χ2v) is 4.48. The number of carboxylic acid groups (broad SMARTS) is 1. The molecule has 0 aromatic carbocycles. The van der Waals surface area contributed by atoms with E-state index < -0.39 is 12.0 Å². The fraction of sp³-hybridized carbons (Fsp3) is 0.333. The molecule has 1 unspecified atom stereocenters. The molecule has 0 saturated heterocycles. The lowest BCUT2D eigenvalue weighted by Crippen LogP contribution is -2.38. The van der Waals surface area contributed by atoms with Gasteiger partial charge < -0.3 is 5.11 Å². The number of carbonyl (C=O) groups excluding carboxylic acids is 1. The first kappa shape index (κ1) is 13.5. The van der Waals surface area contributed by atoms with Crippen LogP contribution < -0.4 is 0 Å². The zero-order valence-corrected chi connectivity index (χ0v) is 11.0. The summed E-state index contributed by atoms with van der Waals surface area (Å²) in [7, 11) is 0. The van der Waals surface area contributed by atoms with Crippen LogP contribution in [0.1, 0.15) is 18.5 Å². The van der Waals surface area contributed by atoms with Gasteiger partial charge in [-0.1, -0.05) is 6.07 Å². The molecule has 1 aliphatic heterocycles. The molecule has 0 aliphatic carbocycles. The van der Waals surface area contributed by atoms with Crippen molar-refractivity contribution in [3.8, 4) is 0 Å². The summed E-state index contributed by atoms with van der Waals surface area (Å²) in [6, 6.07) is 4.34. The molecule has 0 bridgehead atoms. The molecule has 1 amide bonds. The van der Waals surface area contributed by atoms with Gasteiger partial charge in [-0.3, -0.25) is 9.78 Å². The van der Waals surface area contributed by atoms with Gasteiger partial charge >= 0.3 is 5.97 Å². The molecule has 2 heterocycles. The smallest absolute Gasteiger partial charge is 0.329 e. The zero-order chi connectivity index (χ0) is 13.8. The Morgan fingerprint density at radius 1 is 1.47 bits per heavy atom. The molecule has 1 N–H and O–H groups in total. The number of aliphatic carboxylic acids is 1. The average molecular weight is 279 g/mol. The van der Waals surface area contributed by atoms with E-state index in [1.807, 2.05) is 0 Å². The van der Waals surface area contributed by atoms with Crippen molar-refractivity contribution in [2.24, 2.45) is 5.10 Å². The van der Waals surface area contributed by atoms with E-state index in [4.69, 9.17) is 5.11 Å². The largest absolute Gasteiger partial charge is 0.480 e. The normalized spacial score (nSPS) is 18.3. The number of amides is 1. The van der Waals surface area contributed by atoms with Gasteiger partial charge in [0.25, 0.3) is 0 Å². The Labute approximate surface area is 115 Å². The standard InChI is InChI=1S/C12H13N3O3S/c16-11(4-6-19)15-10(12(17)18)7-9(14-15)8-3-1-2-5-13-8/h1-3,5,10,19H,4,6-7H2,(H,17,18). The summed E-state index contributed by atoms with van der Waals surface area (Å²) < 4.78 is 0. The molecule has 19 heavy (non-hydrogen) atoms. The van der Waals surface area contributed by atoms with Crippen molar-refractivity contribution < 1.29 is 14.7 Å². The Kier molecular flexibility index (Phi) is 4.16. The Bertz CT molecular complexity index is 518. The second-order valence-electron chi connectivity index (χ2n) is 4.03. The number of carboxylic acids is 1.